The minimum atomic E-state index is -0.819. The van der Waals surface area contributed by atoms with Crippen molar-refractivity contribution >= 4 is 17.9 Å². The lowest BCUT2D eigenvalue weighted by Gasteiger charge is -2.31. The average molecular weight is 263 g/mol. The molecular formula is C11H21NO4S. The topological polar surface area (TPSA) is 67.8 Å². The van der Waals surface area contributed by atoms with Crippen LogP contribution in [0.2, 0.25) is 0 Å². The molecule has 100 valence electrons. The number of hydrogen-bond acceptors (Lipinski definition) is 5. The summed E-state index contributed by atoms with van der Waals surface area (Å²) in [6.45, 7) is 5.43. The Hall–Kier alpha value is -0.460. The summed E-state index contributed by atoms with van der Waals surface area (Å²) in [5.74, 6) is 1.85. The van der Waals surface area contributed by atoms with Gasteiger partial charge in [-0.1, -0.05) is 0 Å². The molecule has 1 heterocycles. The number of rotatable bonds is 3. The lowest BCUT2D eigenvalue weighted by atomic mass is 9.98. The maximum atomic E-state index is 11.3. The first-order chi connectivity index (χ1) is 7.81. The molecule has 1 aliphatic heterocycles. The number of hydroxylamine groups is 1. The van der Waals surface area contributed by atoms with Crippen LogP contribution in [0.5, 0.6) is 0 Å². The SMILES string of the molecule is CC(C)(C)OC(=O)NOCC1(O)CCSCC1. The van der Waals surface area contributed by atoms with Gasteiger partial charge in [-0.15, -0.1) is 0 Å². The van der Waals surface area contributed by atoms with Crippen LogP contribution in [0.25, 0.3) is 0 Å². The summed E-state index contributed by atoms with van der Waals surface area (Å²) in [5, 5.41) is 10.1. The van der Waals surface area contributed by atoms with Crippen LogP contribution < -0.4 is 5.48 Å². The van der Waals surface area contributed by atoms with Gasteiger partial charge in [0.1, 0.15) is 12.2 Å². The summed E-state index contributed by atoms with van der Waals surface area (Å²) in [6.07, 6.45) is 0.743. The van der Waals surface area contributed by atoms with Crippen LogP contribution in [-0.4, -0.2) is 40.5 Å². The molecule has 1 saturated heterocycles. The van der Waals surface area contributed by atoms with Crippen molar-refractivity contribution < 1.29 is 19.5 Å². The highest BCUT2D eigenvalue weighted by molar-refractivity contribution is 7.99. The third-order valence-electron chi connectivity index (χ3n) is 2.32. The van der Waals surface area contributed by atoms with E-state index in [1.165, 1.54) is 0 Å². The lowest BCUT2D eigenvalue weighted by molar-refractivity contribution is -0.0853. The highest BCUT2D eigenvalue weighted by Gasteiger charge is 2.30. The molecule has 1 rings (SSSR count). The van der Waals surface area contributed by atoms with Gasteiger partial charge in [-0.25, -0.2) is 4.79 Å². The van der Waals surface area contributed by atoms with Crippen LogP contribution in [0, 0.1) is 0 Å². The number of ether oxygens (including phenoxy) is 1. The number of thioether (sulfide) groups is 1. The molecule has 0 aliphatic carbocycles. The van der Waals surface area contributed by atoms with E-state index in [4.69, 9.17) is 9.57 Å². The van der Waals surface area contributed by atoms with Crippen molar-refractivity contribution in [1.82, 2.24) is 5.48 Å². The van der Waals surface area contributed by atoms with E-state index in [2.05, 4.69) is 5.48 Å². The highest BCUT2D eigenvalue weighted by atomic mass is 32.2. The predicted octanol–water partition coefficient (Wildman–Crippen LogP) is 1.70. The van der Waals surface area contributed by atoms with Gasteiger partial charge in [0.15, 0.2) is 0 Å². The first-order valence-electron chi connectivity index (χ1n) is 5.72. The molecule has 17 heavy (non-hydrogen) atoms. The number of aliphatic hydroxyl groups is 1. The summed E-state index contributed by atoms with van der Waals surface area (Å²) in [4.78, 5) is 16.3. The molecule has 0 bridgehead atoms. The van der Waals surface area contributed by atoms with Crippen LogP contribution in [0.15, 0.2) is 0 Å². The molecule has 1 amide bonds. The van der Waals surface area contributed by atoms with E-state index < -0.39 is 17.3 Å². The first-order valence-corrected chi connectivity index (χ1v) is 6.87. The number of nitrogens with one attached hydrogen (secondary N) is 1. The van der Waals surface area contributed by atoms with Gasteiger partial charge >= 0.3 is 6.09 Å². The molecule has 2 N–H and O–H groups in total. The van der Waals surface area contributed by atoms with Gasteiger partial charge in [-0.05, 0) is 45.1 Å². The summed E-state index contributed by atoms with van der Waals surface area (Å²) in [7, 11) is 0. The Labute approximate surface area is 106 Å². The van der Waals surface area contributed by atoms with Crippen molar-refractivity contribution in [3.63, 3.8) is 0 Å². The second kappa shape index (κ2) is 5.93. The summed E-state index contributed by atoms with van der Waals surface area (Å²) < 4.78 is 5.00. The average Bonchev–Trinajstić information content (AvgIpc) is 2.15. The lowest BCUT2D eigenvalue weighted by Crippen LogP contribution is -2.42. The molecule has 0 unspecified atom stereocenters. The van der Waals surface area contributed by atoms with Gasteiger partial charge in [-0.2, -0.15) is 17.2 Å². The van der Waals surface area contributed by atoms with Gasteiger partial charge in [0, 0.05) is 0 Å². The van der Waals surface area contributed by atoms with Gasteiger partial charge in [0.25, 0.3) is 0 Å². The maximum absolute atomic E-state index is 11.3. The smallest absolute Gasteiger partial charge is 0.431 e. The molecular weight excluding hydrogens is 242 g/mol. The van der Waals surface area contributed by atoms with E-state index in [0.717, 1.165) is 11.5 Å². The molecule has 0 atom stereocenters. The van der Waals surface area contributed by atoms with Gasteiger partial charge in [0.05, 0.1) is 5.60 Å². The Kier molecular flexibility index (Phi) is 5.09. The fourth-order valence-electron chi connectivity index (χ4n) is 1.42. The van der Waals surface area contributed by atoms with Crippen molar-refractivity contribution in [2.24, 2.45) is 0 Å². The van der Waals surface area contributed by atoms with E-state index in [-0.39, 0.29) is 6.61 Å². The minimum Gasteiger partial charge on any atom is -0.442 e. The van der Waals surface area contributed by atoms with Crippen LogP contribution in [0.4, 0.5) is 4.79 Å². The molecule has 0 saturated carbocycles. The van der Waals surface area contributed by atoms with Crippen LogP contribution >= 0.6 is 11.8 Å². The molecule has 0 aromatic rings. The standard InChI is InChI=1S/C11H21NO4S/c1-10(2,3)16-9(13)12-15-8-11(14)4-6-17-7-5-11/h14H,4-8H2,1-3H3,(H,12,13). The van der Waals surface area contributed by atoms with Crippen molar-refractivity contribution in [2.75, 3.05) is 18.1 Å². The Balaban J connectivity index is 2.20. The van der Waals surface area contributed by atoms with E-state index in [1.54, 1.807) is 20.8 Å². The molecule has 0 radical (unpaired) electrons. The fraction of sp³-hybridized carbons (Fsp3) is 0.909. The normalized spacial score (nSPS) is 19.8. The summed E-state index contributed by atoms with van der Waals surface area (Å²) in [5.41, 5.74) is 0.815. The second-order valence-corrected chi connectivity index (χ2v) is 6.45. The summed E-state index contributed by atoms with van der Waals surface area (Å²) >= 11 is 1.82. The zero-order valence-corrected chi connectivity index (χ0v) is 11.4. The van der Waals surface area contributed by atoms with Crippen molar-refractivity contribution in [3.8, 4) is 0 Å². The molecule has 1 aliphatic rings. The van der Waals surface area contributed by atoms with Crippen LogP contribution in [0.3, 0.4) is 0 Å². The Morgan fingerprint density at radius 1 is 1.41 bits per heavy atom. The van der Waals surface area contributed by atoms with Crippen molar-refractivity contribution in [3.05, 3.63) is 0 Å². The molecule has 0 aromatic carbocycles. The first kappa shape index (κ1) is 14.6. The number of hydrogen-bond donors (Lipinski definition) is 2. The third-order valence-corrected chi connectivity index (χ3v) is 3.30. The molecule has 6 heteroatoms. The van der Waals surface area contributed by atoms with Gasteiger partial charge < -0.3 is 9.84 Å². The molecule has 0 aromatic heterocycles. The zero-order valence-electron chi connectivity index (χ0n) is 10.6. The third kappa shape index (κ3) is 6.14. The largest absolute Gasteiger partial charge is 0.442 e. The van der Waals surface area contributed by atoms with Crippen LogP contribution in [0.1, 0.15) is 33.6 Å². The van der Waals surface area contributed by atoms with E-state index in [1.807, 2.05) is 11.8 Å². The van der Waals surface area contributed by atoms with Crippen LogP contribution in [-0.2, 0) is 9.57 Å². The Morgan fingerprint density at radius 2 is 2.00 bits per heavy atom. The fourth-order valence-corrected chi connectivity index (χ4v) is 2.68. The van der Waals surface area contributed by atoms with Gasteiger partial charge in [-0.3, -0.25) is 4.84 Å². The second-order valence-electron chi connectivity index (χ2n) is 5.23. The monoisotopic (exact) mass is 263 g/mol. The quantitative estimate of drug-likeness (QED) is 0.759. The number of carbonyl (C=O) groups excluding carboxylic acids is 1. The van der Waals surface area contributed by atoms with Gasteiger partial charge in [0.2, 0.25) is 0 Å². The van der Waals surface area contributed by atoms with Crippen molar-refractivity contribution in [1.29, 1.82) is 0 Å². The summed E-state index contributed by atoms with van der Waals surface area (Å²) in [6, 6.07) is 0. The maximum Gasteiger partial charge on any atom is 0.431 e. The Bertz CT molecular complexity index is 259. The molecule has 0 spiro atoms. The Morgan fingerprint density at radius 3 is 2.53 bits per heavy atom. The molecule has 5 nitrogen and oxygen atoms in total. The van der Waals surface area contributed by atoms with Crippen molar-refractivity contribution in [2.45, 2.75) is 44.8 Å². The van der Waals surface area contributed by atoms with E-state index >= 15 is 0 Å². The number of carbonyl (C=O) groups is 1. The highest BCUT2D eigenvalue weighted by Crippen LogP contribution is 2.26. The number of amides is 1. The molecule has 1 fully saturated rings. The van der Waals surface area contributed by atoms with E-state index in [0.29, 0.717) is 12.8 Å². The predicted molar refractivity (Wildman–Crippen MR) is 66.8 cm³/mol. The minimum absolute atomic E-state index is 0.104. The van der Waals surface area contributed by atoms with E-state index in [9.17, 15) is 9.90 Å². The zero-order chi connectivity index (χ0) is 12.9.